The summed E-state index contributed by atoms with van der Waals surface area (Å²) in [5.74, 6) is 1.65. The minimum Gasteiger partial charge on any atom is -0.360 e. The zero-order chi connectivity index (χ0) is 17.8. The van der Waals surface area contributed by atoms with Gasteiger partial charge in [-0.2, -0.15) is 0 Å². The van der Waals surface area contributed by atoms with E-state index >= 15 is 0 Å². The Morgan fingerprint density at radius 2 is 1.96 bits per heavy atom. The predicted molar refractivity (Wildman–Crippen MR) is 107 cm³/mol. The molecule has 1 aromatic rings. The first-order valence-corrected chi connectivity index (χ1v) is 9.01. The maximum Gasteiger partial charge on any atom is 0.239 e. The van der Waals surface area contributed by atoms with Crippen molar-refractivity contribution in [3.8, 4) is 0 Å². The number of carbonyl (C=O) groups excluding carboxylic acids is 2. The van der Waals surface area contributed by atoms with Crippen LogP contribution in [0.15, 0.2) is 10.6 Å². The number of rotatable bonds is 5. The molecule has 1 aliphatic carbocycles. The average Bonchev–Trinajstić information content (AvgIpc) is 3.23. The highest BCUT2D eigenvalue weighted by Gasteiger charge is 2.35. The Bertz CT molecular complexity index is 619. The van der Waals surface area contributed by atoms with E-state index in [0.717, 1.165) is 19.3 Å². The van der Waals surface area contributed by atoms with Crippen molar-refractivity contribution in [2.45, 2.75) is 26.2 Å². The number of nitrogens with two attached hydrogens (primary N) is 1. The summed E-state index contributed by atoms with van der Waals surface area (Å²) in [6, 6.07) is 1.68. The van der Waals surface area contributed by atoms with Crippen molar-refractivity contribution in [1.29, 1.82) is 0 Å². The maximum absolute atomic E-state index is 12.7. The van der Waals surface area contributed by atoms with Gasteiger partial charge in [-0.1, -0.05) is 11.6 Å². The maximum atomic E-state index is 12.7. The SMILES string of the molecule is Cc1cc(NC(=O)CN2CCN(C(=O)[C@@H]3CCC[C@@H]3CN)CC2)no1.Cl.Cl. The second kappa shape index (κ2) is 10.8. The quantitative estimate of drug-likeness (QED) is 0.741. The van der Waals surface area contributed by atoms with Gasteiger partial charge in [0.1, 0.15) is 5.76 Å². The number of piperazine rings is 1. The van der Waals surface area contributed by atoms with Crippen molar-refractivity contribution < 1.29 is 14.1 Å². The minimum atomic E-state index is -0.118. The normalized spacial score (nSPS) is 22.7. The first kappa shape index (κ1) is 23.7. The molecule has 3 rings (SSSR count). The smallest absolute Gasteiger partial charge is 0.239 e. The van der Waals surface area contributed by atoms with Crippen LogP contribution in [0.25, 0.3) is 0 Å². The Labute approximate surface area is 172 Å². The molecule has 27 heavy (non-hydrogen) atoms. The topological polar surface area (TPSA) is 105 Å². The predicted octanol–water partition coefficient (Wildman–Crippen LogP) is 1.28. The molecule has 2 atom stereocenters. The number of amides is 2. The molecule has 8 nitrogen and oxygen atoms in total. The fourth-order valence-electron chi connectivity index (χ4n) is 3.82. The van der Waals surface area contributed by atoms with Crippen LogP contribution in [0.2, 0.25) is 0 Å². The minimum absolute atomic E-state index is 0. The monoisotopic (exact) mass is 421 g/mol. The number of aryl methyl sites for hydroxylation is 1. The van der Waals surface area contributed by atoms with Crippen LogP contribution in [0, 0.1) is 18.8 Å². The van der Waals surface area contributed by atoms with E-state index in [1.165, 1.54) is 0 Å². The number of hydrogen-bond donors (Lipinski definition) is 2. The van der Waals surface area contributed by atoms with E-state index in [-0.39, 0.29) is 42.5 Å². The molecule has 1 aliphatic heterocycles. The molecule has 0 bridgehead atoms. The van der Waals surface area contributed by atoms with E-state index in [0.29, 0.717) is 56.8 Å². The highest BCUT2D eigenvalue weighted by Crippen LogP contribution is 2.32. The zero-order valence-electron chi connectivity index (χ0n) is 15.6. The van der Waals surface area contributed by atoms with Gasteiger partial charge in [0.2, 0.25) is 11.8 Å². The summed E-state index contributed by atoms with van der Waals surface area (Å²) in [7, 11) is 0. The molecule has 0 spiro atoms. The molecule has 3 N–H and O–H groups in total. The lowest BCUT2D eigenvalue weighted by Gasteiger charge is -2.36. The van der Waals surface area contributed by atoms with Gasteiger partial charge in [0.05, 0.1) is 6.54 Å². The summed E-state index contributed by atoms with van der Waals surface area (Å²) in [4.78, 5) is 28.8. The molecule has 2 aliphatic rings. The van der Waals surface area contributed by atoms with Gasteiger partial charge in [-0.25, -0.2) is 0 Å². The Morgan fingerprint density at radius 1 is 1.26 bits per heavy atom. The summed E-state index contributed by atoms with van der Waals surface area (Å²) in [6.07, 6.45) is 3.12. The third kappa shape index (κ3) is 6.07. The van der Waals surface area contributed by atoms with Gasteiger partial charge in [0.25, 0.3) is 0 Å². The number of hydrogen-bond acceptors (Lipinski definition) is 6. The van der Waals surface area contributed by atoms with Crippen LogP contribution in [0.4, 0.5) is 5.82 Å². The molecule has 2 fully saturated rings. The lowest BCUT2D eigenvalue weighted by atomic mass is 9.94. The van der Waals surface area contributed by atoms with E-state index in [1.54, 1.807) is 13.0 Å². The van der Waals surface area contributed by atoms with Crippen molar-refractivity contribution in [2.24, 2.45) is 17.6 Å². The number of halogens is 2. The van der Waals surface area contributed by atoms with Crippen LogP contribution < -0.4 is 11.1 Å². The fourth-order valence-corrected chi connectivity index (χ4v) is 3.82. The Kier molecular flexibility index (Phi) is 9.52. The second-order valence-corrected chi connectivity index (χ2v) is 7.01. The molecule has 0 unspecified atom stereocenters. The average molecular weight is 422 g/mol. The molecule has 2 heterocycles. The highest BCUT2D eigenvalue weighted by molar-refractivity contribution is 5.91. The molecule has 10 heteroatoms. The Morgan fingerprint density at radius 3 is 2.56 bits per heavy atom. The van der Waals surface area contributed by atoms with Gasteiger partial charge in [-0.05, 0) is 32.2 Å². The van der Waals surface area contributed by atoms with Gasteiger partial charge in [-0.15, -0.1) is 24.8 Å². The van der Waals surface area contributed by atoms with Gasteiger partial charge in [0, 0.05) is 38.2 Å². The largest absolute Gasteiger partial charge is 0.360 e. The zero-order valence-corrected chi connectivity index (χ0v) is 17.2. The van der Waals surface area contributed by atoms with Crippen LogP contribution >= 0.6 is 24.8 Å². The van der Waals surface area contributed by atoms with Crippen molar-refractivity contribution in [2.75, 3.05) is 44.6 Å². The van der Waals surface area contributed by atoms with Crippen molar-refractivity contribution in [1.82, 2.24) is 15.0 Å². The van der Waals surface area contributed by atoms with Crippen LogP contribution in [0.3, 0.4) is 0 Å². The summed E-state index contributed by atoms with van der Waals surface area (Å²) >= 11 is 0. The lowest BCUT2D eigenvalue weighted by molar-refractivity contribution is -0.138. The van der Waals surface area contributed by atoms with Gasteiger partial charge in [0.15, 0.2) is 5.82 Å². The van der Waals surface area contributed by atoms with Gasteiger partial charge >= 0.3 is 0 Å². The molecular weight excluding hydrogens is 393 g/mol. The van der Waals surface area contributed by atoms with Crippen LogP contribution in [0.1, 0.15) is 25.0 Å². The molecule has 1 saturated carbocycles. The van der Waals surface area contributed by atoms with Crippen LogP contribution in [-0.2, 0) is 9.59 Å². The molecule has 1 saturated heterocycles. The number of anilines is 1. The summed E-state index contributed by atoms with van der Waals surface area (Å²) < 4.78 is 4.93. The van der Waals surface area contributed by atoms with E-state index in [1.807, 2.05) is 4.90 Å². The van der Waals surface area contributed by atoms with Gasteiger partial charge in [-0.3, -0.25) is 14.5 Å². The third-order valence-corrected chi connectivity index (χ3v) is 5.23. The second-order valence-electron chi connectivity index (χ2n) is 7.01. The van der Waals surface area contributed by atoms with Gasteiger partial charge < -0.3 is 20.5 Å². The van der Waals surface area contributed by atoms with Crippen molar-refractivity contribution in [3.63, 3.8) is 0 Å². The van der Waals surface area contributed by atoms with E-state index < -0.39 is 0 Å². The molecular formula is C17H29Cl2N5O3. The number of nitrogens with one attached hydrogen (secondary N) is 1. The molecule has 2 amide bonds. The number of nitrogens with zero attached hydrogens (tertiary/aromatic N) is 3. The summed E-state index contributed by atoms with van der Waals surface area (Å²) in [5.41, 5.74) is 5.80. The molecule has 154 valence electrons. The molecule has 0 radical (unpaired) electrons. The fraction of sp³-hybridized carbons (Fsp3) is 0.706. The summed E-state index contributed by atoms with van der Waals surface area (Å²) in [6.45, 7) is 5.42. The Balaban J connectivity index is 0.00000182. The van der Waals surface area contributed by atoms with Crippen molar-refractivity contribution >= 4 is 42.4 Å². The first-order valence-electron chi connectivity index (χ1n) is 9.01. The van der Waals surface area contributed by atoms with Crippen LogP contribution in [0.5, 0.6) is 0 Å². The standard InChI is InChI=1S/C17H27N5O3.2ClH/c1-12-9-15(20-25-12)19-16(23)11-21-5-7-22(8-6-21)17(24)14-4-2-3-13(14)10-18;;/h9,13-14H,2-8,10-11,18H2,1H3,(H,19,20,23);2*1H/t13-,14-;;/m1../s1. The van der Waals surface area contributed by atoms with E-state index in [2.05, 4.69) is 15.4 Å². The molecule has 0 aromatic carbocycles. The molecule has 1 aromatic heterocycles. The van der Waals surface area contributed by atoms with Crippen molar-refractivity contribution in [3.05, 3.63) is 11.8 Å². The van der Waals surface area contributed by atoms with E-state index in [4.69, 9.17) is 10.3 Å². The summed E-state index contributed by atoms with van der Waals surface area (Å²) in [5, 5.41) is 6.48. The van der Waals surface area contributed by atoms with Crippen LogP contribution in [-0.4, -0.2) is 66.0 Å². The highest BCUT2D eigenvalue weighted by atomic mass is 35.5. The third-order valence-electron chi connectivity index (χ3n) is 5.23. The first-order chi connectivity index (χ1) is 12.1. The Hall–Kier alpha value is -1.35. The number of aromatic nitrogens is 1. The number of carbonyl (C=O) groups is 2. The lowest BCUT2D eigenvalue weighted by Crippen LogP contribution is -2.52. The van der Waals surface area contributed by atoms with E-state index in [9.17, 15) is 9.59 Å².